The van der Waals surface area contributed by atoms with Gasteiger partial charge >= 0.3 is 5.57 Å². The monoisotopic (exact) mass is 280 g/mol. The highest BCUT2D eigenvalue weighted by Crippen LogP contribution is 2.32. The number of anilines is 1. The molecule has 0 radical (unpaired) electrons. The summed E-state index contributed by atoms with van der Waals surface area (Å²) in [6.45, 7) is 1.15. The third-order valence-electron chi connectivity index (χ3n) is 1.71. The largest absolute Gasteiger partial charge is 0.487 e. The normalized spacial score (nSPS) is 10.9. The molecular weight excluding hydrogens is 274 g/mol. The van der Waals surface area contributed by atoms with Crippen LogP contribution < -0.4 is 10.1 Å². The number of halogens is 3. The second-order valence-corrected chi connectivity index (χ2v) is 3.61. The number of carbonyl (C=O) groups is 1. The van der Waals surface area contributed by atoms with Crippen LogP contribution in [-0.4, -0.2) is 16.4 Å². The number of rotatable bonds is 4. The fraction of sp³-hybridized carbons (Fsp3) is 0.222. The summed E-state index contributed by atoms with van der Waals surface area (Å²) in [4.78, 5) is 20.7. The van der Waals surface area contributed by atoms with Gasteiger partial charge in [-0.1, -0.05) is 0 Å². The maximum absolute atomic E-state index is 12.4. The molecule has 9 heteroatoms. The Kier molecular flexibility index (Phi) is 4.02. The summed E-state index contributed by atoms with van der Waals surface area (Å²) in [5.41, 5.74) is -4.68. The molecule has 18 heavy (non-hydrogen) atoms. The topological polar surface area (TPSA) is 81.5 Å². The van der Waals surface area contributed by atoms with Crippen molar-refractivity contribution in [1.29, 1.82) is 0 Å². The van der Waals surface area contributed by atoms with E-state index in [0.717, 1.165) is 25.1 Å². The molecule has 0 atom stereocenters. The second kappa shape index (κ2) is 5.13. The molecule has 0 unspecified atom stereocenters. The molecule has 0 aliphatic rings. The Hall–Kier alpha value is -1.96. The Labute approximate surface area is 105 Å². The lowest BCUT2D eigenvalue weighted by Crippen LogP contribution is -2.16. The number of nitrogens with zero attached hydrogens (tertiary/aromatic N) is 1. The lowest BCUT2D eigenvalue weighted by molar-refractivity contribution is -0.384. The van der Waals surface area contributed by atoms with Gasteiger partial charge in [0.25, 0.3) is 5.69 Å². The summed E-state index contributed by atoms with van der Waals surface area (Å²) < 4.78 is 28.7. The molecule has 0 spiro atoms. The molecule has 1 aromatic carbocycles. The molecule has 0 heterocycles. The van der Waals surface area contributed by atoms with E-state index in [1.54, 1.807) is 0 Å². The Morgan fingerprint density at radius 3 is 2.61 bits per heavy atom. The van der Waals surface area contributed by atoms with Crippen LogP contribution in [0.4, 0.5) is 20.2 Å². The van der Waals surface area contributed by atoms with Crippen LogP contribution in [0, 0.1) is 10.1 Å². The molecule has 1 rings (SSSR count). The first kappa shape index (κ1) is 14.1. The van der Waals surface area contributed by atoms with Gasteiger partial charge in [-0.15, -0.1) is 8.78 Å². The van der Waals surface area contributed by atoms with Gasteiger partial charge in [0.15, 0.2) is 0 Å². The number of hydrogen-bond acceptors (Lipinski definition) is 4. The summed E-state index contributed by atoms with van der Waals surface area (Å²) in [6, 6.07) is 2.83. The van der Waals surface area contributed by atoms with Crippen molar-refractivity contribution in [2.24, 2.45) is 0 Å². The van der Waals surface area contributed by atoms with Crippen molar-refractivity contribution in [3.05, 3.63) is 28.3 Å². The summed E-state index contributed by atoms with van der Waals surface area (Å²) in [7, 11) is 0. The van der Waals surface area contributed by atoms with Crippen LogP contribution in [0.1, 0.15) is 6.92 Å². The Morgan fingerprint density at radius 1 is 1.56 bits per heavy atom. The molecule has 0 aliphatic heterocycles. The van der Waals surface area contributed by atoms with E-state index in [1.807, 2.05) is 0 Å². The second-order valence-electron chi connectivity index (χ2n) is 3.17. The zero-order valence-electron chi connectivity index (χ0n) is 8.95. The summed E-state index contributed by atoms with van der Waals surface area (Å²) >= 11 is 4.53. The van der Waals surface area contributed by atoms with Gasteiger partial charge in [-0.05, 0) is 12.1 Å². The number of benzene rings is 1. The van der Waals surface area contributed by atoms with Gasteiger partial charge in [0.1, 0.15) is 11.4 Å². The highest BCUT2D eigenvalue weighted by Gasteiger charge is 2.29. The van der Waals surface area contributed by atoms with E-state index < -0.39 is 27.8 Å². The van der Waals surface area contributed by atoms with Crippen molar-refractivity contribution in [3.8, 4) is 5.75 Å². The molecule has 1 aromatic rings. The SMILES string of the molecule is CC(=O)Nc1ccc(OC(F)(F)Cl)cc1[N+](=O)[O-]. The number of nitro groups is 1. The Bertz CT molecular complexity index is 490. The van der Waals surface area contributed by atoms with Crippen LogP contribution in [-0.2, 0) is 4.79 Å². The molecule has 1 N–H and O–H groups in total. The van der Waals surface area contributed by atoms with Crippen LogP contribution in [0.15, 0.2) is 18.2 Å². The lowest BCUT2D eigenvalue weighted by atomic mass is 10.2. The number of carbonyl (C=O) groups excluding carboxylic acids is 1. The Morgan fingerprint density at radius 2 is 2.17 bits per heavy atom. The predicted molar refractivity (Wildman–Crippen MR) is 58.8 cm³/mol. The van der Waals surface area contributed by atoms with Crippen LogP contribution in [0.25, 0.3) is 0 Å². The molecule has 1 amide bonds. The number of nitro benzene ring substituents is 1. The van der Waals surface area contributed by atoms with E-state index in [-0.39, 0.29) is 5.69 Å². The molecule has 0 bridgehead atoms. The standard InChI is InChI=1S/C9H7ClF2N2O4/c1-5(15)13-7-3-2-6(18-9(10,11)12)4-8(7)14(16)17/h2-4H,1H3,(H,13,15). The minimum Gasteiger partial charge on any atom is -0.420 e. The average molecular weight is 281 g/mol. The van der Waals surface area contributed by atoms with Gasteiger partial charge < -0.3 is 10.1 Å². The van der Waals surface area contributed by atoms with Gasteiger partial charge in [-0.2, -0.15) is 0 Å². The number of ether oxygens (including phenoxy) is 1. The van der Waals surface area contributed by atoms with Gasteiger partial charge in [-0.25, -0.2) is 0 Å². The van der Waals surface area contributed by atoms with Crippen LogP contribution in [0.3, 0.4) is 0 Å². The molecular formula is C9H7ClF2N2O4. The molecule has 0 saturated carbocycles. The smallest absolute Gasteiger partial charge is 0.420 e. The minimum atomic E-state index is -3.97. The highest BCUT2D eigenvalue weighted by atomic mass is 35.5. The number of hydrogen-bond donors (Lipinski definition) is 1. The van der Waals surface area contributed by atoms with E-state index in [9.17, 15) is 23.7 Å². The molecule has 6 nitrogen and oxygen atoms in total. The van der Waals surface area contributed by atoms with E-state index >= 15 is 0 Å². The predicted octanol–water partition coefficient (Wildman–Crippen LogP) is 2.72. The van der Waals surface area contributed by atoms with Crippen molar-refractivity contribution in [2.75, 3.05) is 5.32 Å². The molecule has 0 aliphatic carbocycles. The third-order valence-corrected chi connectivity index (χ3v) is 1.79. The number of alkyl halides is 3. The van der Waals surface area contributed by atoms with Gasteiger partial charge in [-0.3, -0.25) is 14.9 Å². The third kappa shape index (κ3) is 4.13. The van der Waals surface area contributed by atoms with E-state index in [0.29, 0.717) is 0 Å². The van der Waals surface area contributed by atoms with Crippen molar-refractivity contribution in [2.45, 2.75) is 12.5 Å². The van der Waals surface area contributed by atoms with Crippen molar-refractivity contribution >= 4 is 28.9 Å². The fourth-order valence-electron chi connectivity index (χ4n) is 1.15. The minimum absolute atomic E-state index is 0.127. The van der Waals surface area contributed by atoms with Crippen molar-refractivity contribution in [1.82, 2.24) is 0 Å². The maximum Gasteiger partial charge on any atom is 0.487 e. The summed E-state index contributed by atoms with van der Waals surface area (Å²) in [5.74, 6) is -1.02. The quantitative estimate of drug-likeness (QED) is 0.522. The summed E-state index contributed by atoms with van der Waals surface area (Å²) in [6.07, 6.45) is 0. The Balaban J connectivity index is 3.11. The van der Waals surface area contributed by atoms with Crippen molar-refractivity contribution < 1.29 is 23.2 Å². The highest BCUT2D eigenvalue weighted by molar-refractivity contribution is 6.20. The molecule has 0 saturated heterocycles. The molecule has 0 fully saturated rings. The first-order valence-electron chi connectivity index (χ1n) is 4.51. The molecule has 0 aromatic heterocycles. The first-order valence-corrected chi connectivity index (χ1v) is 4.88. The van der Waals surface area contributed by atoms with Crippen molar-refractivity contribution in [3.63, 3.8) is 0 Å². The van der Waals surface area contributed by atoms with Crippen LogP contribution in [0.2, 0.25) is 0 Å². The van der Waals surface area contributed by atoms with Gasteiger partial charge in [0, 0.05) is 18.5 Å². The summed E-state index contributed by atoms with van der Waals surface area (Å²) in [5, 5.41) is 12.9. The van der Waals surface area contributed by atoms with Crippen LogP contribution >= 0.6 is 11.6 Å². The molecule has 98 valence electrons. The van der Waals surface area contributed by atoms with E-state index in [4.69, 9.17) is 0 Å². The van der Waals surface area contributed by atoms with E-state index in [1.165, 1.54) is 0 Å². The lowest BCUT2D eigenvalue weighted by Gasteiger charge is -2.11. The zero-order valence-corrected chi connectivity index (χ0v) is 9.70. The first-order chi connectivity index (χ1) is 8.19. The fourth-order valence-corrected chi connectivity index (χ4v) is 1.24. The van der Waals surface area contributed by atoms with Crippen LogP contribution in [0.5, 0.6) is 5.75 Å². The van der Waals surface area contributed by atoms with Gasteiger partial charge in [0.2, 0.25) is 5.91 Å². The van der Waals surface area contributed by atoms with E-state index in [2.05, 4.69) is 21.7 Å². The maximum atomic E-state index is 12.4. The average Bonchev–Trinajstić information content (AvgIpc) is 2.17. The number of amides is 1. The zero-order chi connectivity index (χ0) is 13.9. The van der Waals surface area contributed by atoms with Gasteiger partial charge in [0.05, 0.1) is 11.0 Å². The number of nitrogens with one attached hydrogen (secondary N) is 1.